The molecule has 2 amide bonds. The number of hydrogen-bond donors (Lipinski definition) is 2. The molecule has 6 nitrogen and oxygen atoms in total. The first-order valence-electron chi connectivity index (χ1n) is 9.12. The molecule has 146 valence electrons. The topological polar surface area (TPSA) is 84.7 Å². The molecule has 3 N–H and O–H groups in total. The average molecular weight is 384 g/mol. The number of nitrogens with zero attached hydrogens (tertiary/aromatic N) is 1. The zero-order valence-corrected chi connectivity index (χ0v) is 16.4. The van der Waals surface area contributed by atoms with Crippen molar-refractivity contribution in [3.05, 3.63) is 23.8 Å². The molecule has 2 rings (SSSR count). The summed E-state index contributed by atoms with van der Waals surface area (Å²) in [5.74, 6) is 0.460. The number of halogens is 1. The maximum absolute atomic E-state index is 12.7. The minimum atomic E-state index is -0.124. The summed E-state index contributed by atoms with van der Waals surface area (Å²) in [6, 6.07) is 5.21. The maximum atomic E-state index is 12.7. The number of amides is 2. The molecule has 26 heavy (non-hydrogen) atoms. The fourth-order valence-corrected chi connectivity index (χ4v) is 2.89. The van der Waals surface area contributed by atoms with E-state index in [0.717, 1.165) is 25.9 Å². The maximum Gasteiger partial charge on any atom is 0.253 e. The number of ether oxygens (including phenoxy) is 1. The number of benzene rings is 1. The SMILES string of the molecule is CCOc1ccc(C(=O)N2CCCCC2)cc1NC(=O)CCC(C)N.Cl. The summed E-state index contributed by atoms with van der Waals surface area (Å²) in [4.78, 5) is 26.7. The van der Waals surface area contributed by atoms with E-state index in [4.69, 9.17) is 10.5 Å². The fraction of sp³-hybridized carbons (Fsp3) is 0.579. The molecule has 7 heteroatoms. The zero-order valence-electron chi connectivity index (χ0n) is 15.6. The minimum Gasteiger partial charge on any atom is -0.492 e. The van der Waals surface area contributed by atoms with Gasteiger partial charge < -0.3 is 20.7 Å². The predicted molar refractivity (Wildman–Crippen MR) is 106 cm³/mol. The van der Waals surface area contributed by atoms with Crippen molar-refractivity contribution in [3.63, 3.8) is 0 Å². The third kappa shape index (κ3) is 6.50. The van der Waals surface area contributed by atoms with E-state index in [9.17, 15) is 9.59 Å². The second kappa shape index (κ2) is 11.0. The summed E-state index contributed by atoms with van der Waals surface area (Å²) in [5.41, 5.74) is 6.82. The average Bonchev–Trinajstić information content (AvgIpc) is 2.61. The van der Waals surface area contributed by atoms with Crippen LogP contribution in [0, 0.1) is 0 Å². The molecule has 1 atom stereocenters. The Balaban J connectivity index is 0.00000338. The van der Waals surface area contributed by atoms with E-state index < -0.39 is 0 Å². The van der Waals surface area contributed by atoms with Crippen LogP contribution in [0.5, 0.6) is 5.75 Å². The van der Waals surface area contributed by atoms with Gasteiger partial charge in [-0.3, -0.25) is 9.59 Å². The van der Waals surface area contributed by atoms with Gasteiger partial charge in [-0.25, -0.2) is 0 Å². The first-order chi connectivity index (χ1) is 12.0. The molecule has 0 saturated carbocycles. The van der Waals surface area contributed by atoms with Crippen molar-refractivity contribution in [1.29, 1.82) is 0 Å². The van der Waals surface area contributed by atoms with Crippen LogP contribution in [0.4, 0.5) is 5.69 Å². The summed E-state index contributed by atoms with van der Waals surface area (Å²) in [6.45, 7) is 5.83. The van der Waals surface area contributed by atoms with E-state index in [-0.39, 0.29) is 30.3 Å². The molecular formula is C19H30ClN3O3. The Morgan fingerprint density at radius 1 is 1.27 bits per heavy atom. The van der Waals surface area contributed by atoms with Crippen LogP contribution in [0.15, 0.2) is 18.2 Å². The van der Waals surface area contributed by atoms with Crippen LogP contribution in [-0.2, 0) is 4.79 Å². The third-order valence-electron chi connectivity index (χ3n) is 4.27. The molecule has 1 heterocycles. The number of anilines is 1. The van der Waals surface area contributed by atoms with Crippen LogP contribution < -0.4 is 15.8 Å². The van der Waals surface area contributed by atoms with Gasteiger partial charge in [-0.15, -0.1) is 12.4 Å². The van der Waals surface area contributed by atoms with Crippen LogP contribution in [0.25, 0.3) is 0 Å². The van der Waals surface area contributed by atoms with Gasteiger partial charge in [-0.1, -0.05) is 0 Å². The molecule has 0 aliphatic carbocycles. The van der Waals surface area contributed by atoms with Crippen molar-refractivity contribution in [2.75, 3.05) is 25.0 Å². The van der Waals surface area contributed by atoms with E-state index in [2.05, 4.69) is 5.32 Å². The Morgan fingerprint density at radius 2 is 1.96 bits per heavy atom. The molecular weight excluding hydrogens is 354 g/mol. The van der Waals surface area contributed by atoms with Crippen LogP contribution in [0.2, 0.25) is 0 Å². The number of hydrogen-bond acceptors (Lipinski definition) is 4. The van der Waals surface area contributed by atoms with Crippen molar-refractivity contribution in [2.24, 2.45) is 5.73 Å². The second-order valence-corrected chi connectivity index (χ2v) is 6.56. The minimum absolute atomic E-state index is 0. The summed E-state index contributed by atoms with van der Waals surface area (Å²) < 4.78 is 5.58. The van der Waals surface area contributed by atoms with Crippen molar-refractivity contribution in [3.8, 4) is 5.75 Å². The smallest absolute Gasteiger partial charge is 0.253 e. The number of nitrogens with two attached hydrogens (primary N) is 1. The van der Waals surface area contributed by atoms with Gasteiger partial charge in [0.05, 0.1) is 12.3 Å². The third-order valence-corrected chi connectivity index (χ3v) is 4.27. The Hall–Kier alpha value is -1.79. The summed E-state index contributed by atoms with van der Waals surface area (Å²) in [5, 5.41) is 2.86. The summed E-state index contributed by atoms with van der Waals surface area (Å²) in [6.07, 6.45) is 4.22. The lowest BCUT2D eigenvalue weighted by atomic mass is 10.1. The first-order valence-corrected chi connectivity index (χ1v) is 9.12. The van der Waals surface area contributed by atoms with Crippen molar-refractivity contribution in [2.45, 2.75) is 52.0 Å². The van der Waals surface area contributed by atoms with Gasteiger partial charge in [0.1, 0.15) is 5.75 Å². The highest BCUT2D eigenvalue weighted by Gasteiger charge is 2.20. The monoisotopic (exact) mass is 383 g/mol. The Labute approximate surface area is 161 Å². The van der Waals surface area contributed by atoms with E-state index in [1.807, 2.05) is 18.7 Å². The van der Waals surface area contributed by atoms with E-state index >= 15 is 0 Å². The highest BCUT2D eigenvalue weighted by atomic mass is 35.5. The molecule has 1 fully saturated rings. The van der Waals surface area contributed by atoms with Crippen LogP contribution in [-0.4, -0.2) is 42.5 Å². The molecule has 1 saturated heterocycles. The number of carbonyl (C=O) groups excluding carboxylic acids is 2. The lowest BCUT2D eigenvalue weighted by Gasteiger charge is -2.27. The van der Waals surface area contributed by atoms with Crippen LogP contribution in [0.1, 0.15) is 56.3 Å². The van der Waals surface area contributed by atoms with E-state index in [1.54, 1.807) is 18.2 Å². The normalized spacial score (nSPS) is 15.0. The molecule has 1 unspecified atom stereocenters. The highest BCUT2D eigenvalue weighted by Crippen LogP contribution is 2.27. The molecule has 1 aliphatic heterocycles. The molecule has 0 radical (unpaired) electrons. The molecule has 1 aliphatic rings. The predicted octanol–water partition coefficient (Wildman–Crippen LogP) is 3.20. The van der Waals surface area contributed by atoms with Crippen LogP contribution >= 0.6 is 12.4 Å². The van der Waals surface area contributed by atoms with Gasteiger partial charge in [0.25, 0.3) is 5.91 Å². The lowest BCUT2D eigenvalue weighted by molar-refractivity contribution is -0.116. The molecule has 0 aromatic heterocycles. The molecule has 1 aromatic carbocycles. The number of rotatable bonds is 7. The Bertz CT molecular complexity index is 602. The van der Waals surface area contributed by atoms with Crippen LogP contribution in [0.3, 0.4) is 0 Å². The molecule has 1 aromatic rings. The van der Waals surface area contributed by atoms with Crippen molar-refractivity contribution >= 4 is 29.9 Å². The Morgan fingerprint density at radius 3 is 2.58 bits per heavy atom. The van der Waals surface area contributed by atoms with Crippen molar-refractivity contribution in [1.82, 2.24) is 4.90 Å². The zero-order chi connectivity index (χ0) is 18.2. The number of likely N-dealkylation sites (tertiary alicyclic amines) is 1. The van der Waals surface area contributed by atoms with Gasteiger partial charge in [-0.05, 0) is 57.7 Å². The van der Waals surface area contributed by atoms with Gasteiger partial charge in [0.15, 0.2) is 0 Å². The highest BCUT2D eigenvalue weighted by molar-refractivity contribution is 5.98. The van der Waals surface area contributed by atoms with E-state index in [0.29, 0.717) is 36.4 Å². The number of piperidine rings is 1. The van der Waals surface area contributed by atoms with Gasteiger partial charge in [0, 0.05) is 31.1 Å². The van der Waals surface area contributed by atoms with Gasteiger partial charge >= 0.3 is 0 Å². The van der Waals surface area contributed by atoms with Gasteiger partial charge in [-0.2, -0.15) is 0 Å². The van der Waals surface area contributed by atoms with Crippen molar-refractivity contribution < 1.29 is 14.3 Å². The first kappa shape index (κ1) is 22.3. The van der Waals surface area contributed by atoms with Gasteiger partial charge in [0.2, 0.25) is 5.91 Å². The summed E-state index contributed by atoms with van der Waals surface area (Å²) in [7, 11) is 0. The largest absolute Gasteiger partial charge is 0.492 e. The number of carbonyl (C=O) groups is 2. The molecule has 0 spiro atoms. The standard InChI is InChI=1S/C19H29N3O3.ClH/c1-3-25-17-9-8-15(19(24)22-11-5-4-6-12-22)13-16(17)21-18(23)10-7-14(2)20;/h8-9,13-14H,3-7,10-12,20H2,1-2H3,(H,21,23);1H. The Kier molecular flexibility index (Phi) is 9.44. The second-order valence-electron chi connectivity index (χ2n) is 6.56. The molecule has 0 bridgehead atoms. The quantitative estimate of drug-likeness (QED) is 0.757. The fourth-order valence-electron chi connectivity index (χ4n) is 2.89. The number of nitrogens with one attached hydrogen (secondary N) is 1. The summed E-state index contributed by atoms with van der Waals surface area (Å²) >= 11 is 0. The van der Waals surface area contributed by atoms with E-state index in [1.165, 1.54) is 6.42 Å². The lowest BCUT2D eigenvalue weighted by Crippen LogP contribution is -2.35.